The fraction of sp³-hybridized carbons (Fsp3) is 0.321. The lowest BCUT2D eigenvalue weighted by atomic mass is 9.98. The first-order chi connectivity index (χ1) is 15.7. The second kappa shape index (κ2) is 10.9. The van der Waals surface area contributed by atoms with E-state index in [1.54, 1.807) is 0 Å². The van der Waals surface area contributed by atoms with Crippen molar-refractivity contribution in [3.05, 3.63) is 83.9 Å². The molecule has 32 heavy (non-hydrogen) atoms. The summed E-state index contributed by atoms with van der Waals surface area (Å²) in [5, 5.41) is 0. The Morgan fingerprint density at radius 1 is 0.875 bits per heavy atom. The molecular weight excluding hydrogens is 400 g/mol. The van der Waals surface area contributed by atoms with E-state index in [2.05, 4.69) is 36.4 Å². The molecule has 3 aromatic rings. The zero-order chi connectivity index (χ0) is 22.2. The van der Waals surface area contributed by atoms with E-state index in [1.807, 2.05) is 43.3 Å². The van der Waals surface area contributed by atoms with Gasteiger partial charge in [0.25, 0.3) is 0 Å². The fourth-order valence-corrected chi connectivity index (χ4v) is 4.22. The van der Waals surface area contributed by atoms with Crippen LogP contribution in [0.2, 0.25) is 0 Å². The number of rotatable bonds is 10. The van der Waals surface area contributed by atoms with Gasteiger partial charge in [-0.3, -0.25) is 4.79 Å². The van der Waals surface area contributed by atoms with Crippen LogP contribution < -0.4 is 9.47 Å². The van der Waals surface area contributed by atoms with Crippen LogP contribution in [0, 0.1) is 0 Å². The molecule has 0 radical (unpaired) electrons. The molecule has 1 aliphatic carbocycles. The number of fused-ring (bicyclic) bond motifs is 1. The van der Waals surface area contributed by atoms with Crippen LogP contribution in [-0.4, -0.2) is 25.8 Å². The highest BCUT2D eigenvalue weighted by Gasteiger charge is 2.25. The van der Waals surface area contributed by atoms with Gasteiger partial charge in [-0.2, -0.15) is 0 Å². The minimum absolute atomic E-state index is 0.111. The molecule has 166 valence electrons. The Bertz CT molecular complexity index is 1010. The molecule has 0 aliphatic heterocycles. The van der Waals surface area contributed by atoms with E-state index < -0.39 is 0 Å². The Hall–Kier alpha value is -3.27. The Kier molecular flexibility index (Phi) is 7.44. The number of carbonyl (C=O) groups excluding carboxylic acids is 1. The number of esters is 1. The summed E-state index contributed by atoms with van der Waals surface area (Å²) in [7, 11) is 0. The first-order valence-corrected chi connectivity index (χ1v) is 11.4. The first-order valence-electron chi connectivity index (χ1n) is 11.4. The average Bonchev–Trinajstić information content (AvgIpc) is 3.22. The molecule has 0 heterocycles. The van der Waals surface area contributed by atoms with Crippen molar-refractivity contribution < 1.29 is 19.0 Å². The normalized spacial score (nSPS) is 14.6. The van der Waals surface area contributed by atoms with E-state index in [-0.39, 0.29) is 11.9 Å². The third-order valence-electron chi connectivity index (χ3n) is 5.82. The van der Waals surface area contributed by atoms with Gasteiger partial charge in [0.1, 0.15) is 11.5 Å². The molecule has 1 atom stereocenters. The highest BCUT2D eigenvalue weighted by molar-refractivity contribution is 5.71. The van der Waals surface area contributed by atoms with Crippen molar-refractivity contribution in [3.8, 4) is 22.6 Å². The molecule has 3 aromatic carbocycles. The van der Waals surface area contributed by atoms with E-state index in [0.29, 0.717) is 26.2 Å². The lowest BCUT2D eigenvalue weighted by Gasteiger charge is -2.12. The van der Waals surface area contributed by atoms with E-state index in [1.165, 1.54) is 22.3 Å². The van der Waals surface area contributed by atoms with Gasteiger partial charge in [0.2, 0.25) is 0 Å². The standard InChI is InChI=1S/C28H30O4/c1-2-30-28(29)20-24-10-9-23-19-26(15-16-27(23)24)32-18-6-17-31-25-13-11-22(12-14-25)21-7-4-3-5-8-21/h3-5,7-8,11-16,19,24H,2,6,9-10,17-18,20H2,1H3/t24-/m0/s1. The molecule has 0 fully saturated rings. The van der Waals surface area contributed by atoms with Crippen molar-refractivity contribution in [2.75, 3.05) is 19.8 Å². The molecule has 4 rings (SSSR count). The highest BCUT2D eigenvalue weighted by Crippen LogP contribution is 2.37. The van der Waals surface area contributed by atoms with Gasteiger partial charge in [0, 0.05) is 6.42 Å². The summed E-state index contributed by atoms with van der Waals surface area (Å²) >= 11 is 0. The van der Waals surface area contributed by atoms with Crippen molar-refractivity contribution in [1.82, 2.24) is 0 Å². The zero-order valence-electron chi connectivity index (χ0n) is 18.6. The lowest BCUT2D eigenvalue weighted by molar-refractivity contribution is -0.143. The Morgan fingerprint density at radius 2 is 1.56 bits per heavy atom. The summed E-state index contributed by atoms with van der Waals surface area (Å²) in [6.45, 7) is 3.50. The molecular formula is C28H30O4. The summed E-state index contributed by atoms with van der Waals surface area (Å²) < 4.78 is 16.9. The van der Waals surface area contributed by atoms with Gasteiger partial charge in [-0.25, -0.2) is 0 Å². The summed E-state index contributed by atoms with van der Waals surface area (Å²) in [5.74, 6) is 1.91. The van der Waals surface area contributed by atoms with Crippen LogP contribution in [0.25, 0.3) is 11.1 Å². The Labute approximate surface area is 190 Å². The first kappa shape index (κ1) is 21.9. The van der Waals surface area contributed by atoms with Gasteiger partial charge in [-0.1, -0.05) is 48.5 Å². The molecule has 0 unspecified atom stereocenters. The maximum atomic E-state index is 11.8. The smallest absolute Gasteiger partial charge is 0.306 e. The van der Waals surface area contributed by atoms with Crippen LogP contribution in [0.3, 0.4) is 0 Å². The number of ether oxygens (including phenoxy) is 3. The Balaban J connectivity index is 1.20. The lowest BCUT2D eigenvalue weighted by Crippen LogP contribution is -2.08. The average molecular weight is 431 g/mol. The molecule has 0 spiro atoms. The van der Waals surface area contributed by atoms with Crippen LogP contribution in [0.4, 0.5) is 0 Å². The van der Waals surface area contributed by atoms with E-state index in [9.17, 15) is 4.79 Å². The minimum atomic E-state index is -0.111. The summed E-state index contributed by atoms with van der Waals surface area (Å²) in [6.07, 6.45) is 3.25. The molecule has 0 bridgehead atoms. The van der Waals surface area contributed by atoms with E-state index in [4.69, 9.17) is 14.2 Å². The van der Waals surface area contributed by atoms with Crippen LogP contribution in [-0.2, 0) is 16.0 Å². The number of hydrogen-bond acceptors (Lipinski definition) is 4. The fourth-order valence-electron chi connectivity index (χ4n) is 4.22. The molecule has 0 saturated heterocycles. The molecule has 1 aliphatic rings. The quantitative estimate of drug-likeness (QED) is 0.284. The molecule has 4 nitrogen and oxygen atoms in total. The summed E-state index contributed by atoms with van der Waals surface area (Å²) in [5.41, 5.74) is 4.93. The third-order valence-corrected chi connectivity index (χ3v) is 5.82. The predicted molar refractivity (Wildman–Crippen MR) is 126 cm³/mol. The van der Waals surface area contributed by atoms with Crippen molar-refractivity contribution in [2.24, 2.45) is 0 Å². The topological polar surface area (TPSA) is 44.8 Å². The van der Waals surface area contributed by atoms with Crippen molar-refractivity contribution in [3.63, 3.8) is 0 Å². The third kappa shape index (κ3) is 5.70. The SMILES string of the molecule is CCOC(=O)C[C@@H]1CCc2cc(OCCCOc3ccc(-c4ccccc4)cc3)ccc21. The molecule has 0 N–H and O–H groups in total. The second-order valence-electron chi connectivity index (χ2n) is 8.05. The maximum absolute atomic E-state index is 11.8. The maximum Gasteiger partial charge on any atom is 0.306 e. The van der Waals surface area contributed by atoms with E-state index in [0.717, 1.165) is 30.8 Å². The summed E-state index contributed by atoms with van der Waals surface area (Å²) in [6, 6.07) is 24.7. The number of aryl methyl sites for hydroxylation is 1. The molecule has 4 heteroatoms. The van der Waals surface area contributed by atoms with Crippen molar-refractivity contribution in [2.45, 2.75) is 38.5 Å². The van der Waals surface area contributed by atoms with Crippen LogP contribution >= 0.6 is 0 Å². The van der Waals surface area contributed by atoms with Gasteiger partial charge < -0.3 is 14.2 Å². The van der Waals surface area contributed by atoms with Crippen LogP contribution in [0.1, 0.15) is 43.2 Å². The number of benzene rings is 3. The van der Waals surface area contributed by atoms with Gasteiger partial charge in [-0.05, 0) is 72.2 Å². The highest BCUT2D eigenvalue weighted by atomic mass is 16.5. The van der Waals surface area contributed by atoms with Gasteiger partial charge in [0.05, 0.1) is 26.2 Å². The van der Waals surface area contributed by atoms with Gasteiger partial charge >= 0.3 is 5.97 Å². The van der Waals surface area contributed by atoms with Gasteiger partial charge in [-0.15, -0.1) is 0 Å². The van der Waals surface area contributed by atoms with Crippen molar-refractivity contribution >= 4 is 5.97 Å². The predicted octanol–water partition coefficient (Wildman–Crippen LogP) is 6.18. The zero-order valence-corrected chi connectivity index (χ0v) is 18.6. The number of hydrogen-bond donors (Lipinski definition) is 0. The Morgan fingerprint density at radius 3 is 2.31 bits per heavy atom. The van der Waals surface area contributed by atoms with Crippen LogP contribution in [0.15, 0.2) is 72.8 Å². The minimum Gasteiger partial charge on any atom is -0.493 e. The van der Waals surface area contributed by atoms with Crippen molar-refractivity contribution in [1.29, 1.82) is 0 Å². The molecule has 0 saturated carbocycles. The second-order valence-corrected chi connectivity index (χ2v) is 8.05. The number of carbonyl (C=O) groups is 1. The van der Waals surface area contributed by atoms with E-state index >= 15 is 0 Å². The monoisotopic (exact) mass is 430 g/mol. The summed E-state index contributed by atoms with van der Waals surface area (Å²) in [4.78, 5) is 11.8. The van der Waals surface area contributed by atoms with Crippen LogP contribution in [0.5, 0.6) is 11.5 Å². The largest absolute Gasteiger partial charge is 0.493 e. The van der Waals surface area contributed by atoms with Gasteiger partial charge in [0.15, 0.2) is 0 Å². The molecule has 0 aromatic heterocycles. The molecule has 0 amide bonds.